The Labute approximate surface area is 253 Å². The van der Waals surface area contributed by atoms with Crippen molar-refractivity contribution in [1.29, 1.82) is 0 Å². The van der Waals surface area contributed by atoms with Gasteiger partial charge in [-0.3, -0.25) is 9.79 Å². The van der Waals surface area contributed by atoms with E-state index in [0.29, 0.717) is 65.6 Å². The molecular formula is C28H27ClF3N7O3S. The lowest BCUT2D eigenvalue weighted by Crippen LogP contribution is -2.49. The number of alkyl halides is 2. The number of thiazole rings is 1. The first-order chi connectivity index (χ1) is 20.7. The van der Waals surface area contributed by atoms with Crippen molar-refractivity contribution < 1.29 is 27.5 Å². The van der Waals surface area contributed by atoms with Gasteiger partial charge in [0.2, 0.25) is 0 Å². The normalized spacial score (nSPS) is 20.8. The van der Waals surface area contributed by atoms with E-state index >= 15 is 0 Å². The molecule has 0 bridgehead atoms. The van der Waals surface area contributed by atoms with Crippen LogP contribution < -0.4 is 5.32 Å². The molecule has 2 aromatic heterocycles. The predicted molar refractivity (Wildman–Crippen MR) is 153 cm³/mol. The largest absolute Gasteiger partial charge is 0.469 e. The summed E-state index contributed by atoms with van der Waals surface area (Å²) in [4.78, 5) is 38.2. The minimum Gasteiger partial charge on any atom is -0.469 e. The highest BCUT2D eigenvalue weighted by molar-refractivity contribution is 7.11. The van der Waals surface area contributed by atoms with Crippen LogP contribution in [0.15, 0.2) is 52.7 Å². The topological polar surface area (TPSA) is 105 Å². The number of ether oxygens (including phenoxy) is 1. The van der Waals surface area contributed by atoms with E-state index in [4.69, 9.17) is 21.3 Å². The first kappa shape index (κ1) is 29.2. The third-order valence-corrected chi connectivity index (χ3v) is 8.97. The third-order valence-electron chi connectivity index (χ3n) is 7.87. The molecule has 3 aliphatic rings. The maximum absolute atomic E-state index is 14.0. The van der Waals surface area contributed by atoms with Crippen molar-refractivity contribution in [3.8, 4) is 0 Å². The number of carbonyl (C=O) groups excluding carboxylic acids is 2. The van der Waals surface area contributed by atoms with Crippen molar-refractivity contribution in [2.24, 2.45) is 10.9 Å². The van der Waals surface area contributed by atoms with Crippen molar-refractivity contribution in [1.82, 2.24) is 29.9 Å². The van der Waals surface area contributed by atoms with E-state index < -0.39 is 18.4 Å². The van der Waals surface area contributed by atoms with Crippen molar-refractivity contribution in [2.45, 2.75) is 37.9 Å². The Balaban J connectivity index is 1.36. The fourth-order valence-corrected chi connectivity index (χ4v) is 6.71. The summed E-state index contributed by atoms with van der Waals surface area (Å²) in [7, 11) is 1.36. The van der Waals surface area contributed by atoms with Crippen molar-refractivity contribution >= 4 is 46.3 Å². The molecule has 0 saturated carbocycles. The van der Waals surface area contributed by atoms with Gasteiger partial charge in [-0.15, -0.1) is 11.3 Å². The number of piperidine rings is 1. The molecule has 3 aliphatic heterocycles. The molecule has 2 amide bonds. The maximum Gasteiger partial charge on any atom is 0.333 e. The van der Waals surface area contributed by atoms with Crippen LogP contribution in [0.4, 0.5) is 18.0 Å². The first-order valence-electron chi connectivity index (χ1n) is 13.6. The fraction of sp³-hybridized carbons (Fsp3) is 0.393. The number of methoxy groups -OCH3 is 1. The Kier molecular flexibility index (Phi) is 8.14. The summed E-state index contributed by atoms with van der Waals surface area (Å²) in [5.41, 5.74) is 2.00. The number of fused-ring (bicyclic) bond motifs is 1. The molecule has 3 aromatic rings. The summed E-state index contributed by atoms with van der Waals surface area (Å²) < 4.78 is 46.6. The predicted octanol–water partition coefficient (Wildman–Crippen LogP) is 5.11. The molecule has 1 aromatic carbocycles. The number of nitrogens with zero attached hydrogens (tertiary/aromatic N) is 6. The Morgan fingerprint density at radius 3 is 2.65 bits per heavy atom. The Morgan fingerprint density at radius 2 is 2.00 bits per heavy atom. The quantitative estimate of drug-likeness (QED) is 0.379. The van der Waals surface area contributed by atoms with Gasteiger partial charge in [-0.05, 0) is 31.0 Å². The highest BCUT2D eigenvalue weighted by Gasteiger charge is 2.42. The van der Waals surface area contributed by atoms with Crippen LogP contribution in [0.1, 0.15) is 48.1 Å². The molecule has 2 saturated heterocycles. The minimum atomic E-state index is -2.85. The molecule has 15 heteroatoms. The van der Waals surface area contributed by atoms with Crippen LogP contribution in [0.25, 0.3) is 5.57 Å². The van der Waals surface area contributed by atoms with E-state index in [2.05, 4.69) is 15.4 Å². The first-order valence-corrected chi connectivity index (χ1v) is 14.9. The number of halogens is 4. The zero-order valence-electron chi connectivity index (χ0n) is 22.9. The zero-order valence-corrected chi connectivity index (χ0v) is 24.5. The number of aromatic nitrogens is 3. The van der Waals surface area contributed by atoms with Gasteiger partial charge >= 0.3 is 18.5 Å². The summed E-state index contributed by atoms with van der Waals surface area (Å²) in [5, 5.41) is 9.80. The third kappa shape index (κ3) is 5.73. The molecule has 43 heavy (non-hydrogen) atoms. The van der Waals surface area contributed by atoms with Gasteiger partial charge in [0.15, 0.2) is 10.8 Å². The van der Waals surface area contributed by atoms with E-state index in [1.54, 1.807) is 11.1 Å². The number of esters is 1. The fourth-order valence-electron chi connectivity index (χ4n) is 5.80. The van der Waals surface area contributed by atoms with Crippen LogP contribution in [-0.2, 0) is 9.53 Å². The monoisotopic (exact) mass is 633 g/mol. The maximum atomic E-state index is 14.0. The average Bonchev–Trinajstić information content (AvgIpc) is 3.78. The standard InChI is InChI=1S/C28H27ClF3N7O3S/c1-42-26(40)15-4-8-37(9-5-15)28(41)34-17-13-21-22(20-6-10-39(36-20)27(31)32)23(18-3-2-16(30)12-19(18)29)35-24(38(21)14-17)25-33-7-11-43-25/h2-3,6-7,10-12,15,17,23,27H,4-5,8-9,13-14H2,1H3,(H,34,41)/t17-,23-/m0/s1. The number of nitrogens with one attached hydrogen (secondary N) is 1. The van der Waals surface area contributed by atoms with Gasteiger partial charge in [0.1, 0.15) is 11.9 Å². The van der Waals surface area contributed by atoms with Gasteiger partial charge in [0.25, 0.3) is 0 Å². The Bertz CT molecular complexity index is 1590. The number of hydrogen-bond acceptors (Lipinski definition) is 8. The number of likely N-dealkylation sites (tertiary alicyclic amines) is 1. The molecule has 0 spiro atoms. The lowest BCUT2D eigenvalue weighted by molar-refractivity contribution is -0.146. The second-order valence-electron chi connectivity index (χ2n) is 10.4. The molecule has 5 heterocycles. The number of benzene rings is 1. The van der Waals surface area contributed by atoms with Gasteiger partial charge in [-0.2, -0.15) is 13.9 Å². The highest BCUT2D eigenvalue weighted by atomic mass is 35.5. The molecule has 0 aliphatic carbocycles. The van der Waals surface area contributed by atoms with Gasteiger partial charge in [0.05, 0.1) is 24.8 Å². The second-order valence-corrected chi connectivity index (χ2v) is 11.7. The molecule has 226 valence electrons. The molecule has 2 atom stereocenters. The van der Waals surface area contributed by atoms with E-state index in [-0.39, 0.29) is 34.7 Å². The average molecular weight is 634 g/mol. The minimum absolute atomic E-state index is 0.130. The number of hydrogen-bond donors (Lipinski definition) is 1. The Hall–Kier alpha value is -3.91. The molecular weight excluding hydrogens is 607 g/mol. The van der Waals surface area contributed by atoms with E-state index in [9.17, 15) is 22.8 Å². The van der Waals surface area contributed by atoms with Crippen LogP contribution in [0.2, 0.25) is 5.02 Å². The Morgan fingerprint density at radius 1 is 1.21 bits per heavy atom. The van der Waals surface area contributed by atoms with E-state index in [1.165, 1.54) is 48.9 Å². The van der Waals surface area contributed by atoms with E-state index in [1.807, 2.05) is 10.3 Å². The lowest BCUT2D eigenvalue weighted by atomic mass is 9.92. The SMILES string of the molecule is COC(=O)C1CCN(C(=O)N[C@H]2CC3=C(c4ccn(C(F)F)n4)[C@H](c4ccc(F)cc4Cl)N=C(c4nccs4)N3C2)CC1. The smallest absolute Gasteiger partial charge is 0.333 e. The number of amides is 2. The van der Waals surface area contributed by atoms with Crippen LogP contribution in [0.5, 0.6) is 0 Å². The lowest BCUT2D eigenvalue weighted by Gasteiger charge is -2.32. The summed E-state index contributed by atoms with van der Waals surface area (Å²) in [5.74, 6) is -0.498. The molecule has 1 N–H and O–H groups in total. The molecule has 2 fully saturated rings. The number of urea groups is 1. The van der Waals surface area contributed by atoms with E-state index in [0.717, 1.165) is 5.70 Å². The number of aliphatic imine (C=N–C) groups is 1. The van der Waals surface area contributed by atoms with Crippen molar-refractivity contribution in [2.75, 3.05) is 26.7 Å². The second kappa shape index (κ2) is 12.0. The van der Waals surface area contributed by atoms with Crippen molar-refractivity contribution in [3.05, 3.63) is 74.8 Å². The molecule has 0 radical (unpaired) electrons. The number of rotatable bonds is 6. The molecule has 10 nitrogen and oxygen atoms in total. The molecule has 0 unspecified atom stereocenters. The zero-order chi connectivity index (χ0) is 30.2. The van der Waals surface area contributed by atoms with Crippen LogP contribution >= 0.6 is 22.9 Å². The summed E-state index contributed by atoms with van der Waals surface area (Å²) >= 11 is 7.89. The summed E-state index contributed by atoms with van der Waals surface area (Å²) in [6.07, 6.45) is 4.22. The van der Waals surface area contributed by atoms with Gasteiger partial charge in [-0.1, -0.05) is 17.7 Å². The highest BCUT2D eigenvalue weighted by Crippen LogP contribution is 2.46. The van der Waals surface area contributed by atoms with Gasteiger partial charge in [0, 0.05) is 65.7 Å². The summed E-state index contributed by atoms with van der Waals surface area (Å²) in [6.45, 7) is -1.67. The molecule has 6 rings (SSSR count). The number of carbonyl (C=O) groups is 2. The summed E-state index contributed by atoms with van der Waals surface area (Å²) in [6, 6.07) is 4.04. The van der Waals surface area contributed by atoms with Crippen LogP contribution in [-0.4, -0.2) is 75.2 Å². The van der Waals surface area contributed by atoms with Gasteiger partial charge < -0.3 is 19.9 Å². The van der Waals surface area contributed by atoms with Crippen LogP contribution in [0, 0.1) is 11.7 Å². The van der Waals surface area contributed by atoms with Crippen LogP contribution in [0.3, 0.4) is 0 Å². The van der Waals surface area contributed by atoms with Crippen molar-refractivity contribution in [3.63, 3.8) is 0 Å². The van der Waals surface area contributed by atoms with Gasteiger partial charge in [-0.25, -0.2) is 18.9 Å². The number of amidine groups is 1.